The van der Waals surface area contributed by atoms with Crippen LogP contribution in [-0.4, -0.2) is 32.6 Å². The molecule has 160 valence electrons. The number of furan rings is 1. The van der Waals surface area contributed by atoms with Gasteiger partial charge in [-0.3, -0.25) is 9.69 Å². The summed E-state index contributed by atoms with van der Waals surface area (Å²) < 4.78 is 5.50. The molecule has 7 heteroatoms. The lowest BCUT2D eigenvalue weighted by atomic mass is 10.1. The molecule has 1 atom stereocenters. The Kier molecular flexibility index (Phi) is 6.82. The average Bonchev–Trinajstić information content (AvgIpc) is 3.28. The van der Waals surface area contributed by atoms with Crippen molar-refractivity contribution in [2.45, 2.75) is 64.1 Å². The van der Waals surface area contributed by atoms with Gasteiger partial charge in [-0.05, 0) is 56.2 Å². The third-order valence-electron chi connectivity index (χ3n) is 5.63. The van der Waals surface area contributed by atoms with Gasteiger partial charge in [0.05, 0.1) is 30.8 Å². The van der Waals surface area contributed by atoms with E-state index in [-0.39, 0.29) is 5.56 Å². The maximum absolute atomic E-state index is 12.9. The van der Waals surface area contributed by atoms with Crippen LogP contribution < -0.4 is 5.56 Å². The smallest absolute Gasteiger partial charge is 0.259 e. The maximum atomic E-state index is 12.9. The zero-order chi connectivity index (χ0) is 20.9. The number of hydrogen-bond donors (Lipinski definition) is 2. The molecule has 0 radical (unpaired) electrons. The molecule has 0 aromatic carbocycles. The minimum atomic E-state index is -0.480. The van der Waals surface area contributed by atoms with E-state index in [4.69, 9.17) is 9.40 Å². The summed E-state index contributed by atoms with van der Waals surface area (Å²) >= 11 is 1.67. The Bertz CT molecular complexity index is 1040. The first kappa shape index (κ1) is 21.0. The first-order valence-electron chi connectivity index (χ1n) is 10.7. The highest BCUT2D eigenvalue weighted by Gasteiger charge is 2.20. The van der Waals surface area contributed by atoms with Crippen LogP contribution in [0.4, 0.5) is 0 Å². The van der Waals surface area contributed by atoms with Crippen LogP contribution >= 0.6 is 11.3 Å². The largest absolute Gasteiger partial charge is 0.468 e. The van der Waals surface area contributed by atoms with Gasteiger partial charge in [0.25, 0.3) is 5.56 Å². The number of nitrogens with one attached hydrogen (secondary N) is 1. The van der Waals surface area contributed by atoms with E-state index >= 15 is 0 Å². The second-order valence-corrected chi connectivity index (χ2v) is 9.11. The van der Waals surface area contributed by atoms with Gasteiger partial charge in [0, 0.05) is 11.4 Å². The highest BCUT2D eigenvalue weighted by Crippen LogP contribution is 2.32. The topological polar surface area (TPSA) is 82.4 Å². The van der Waals surface area contributed by atoms with Gasteiger partial charge in [-0.2, -0.15) is 0 Å². The number of rotatable bonds is 9. The number of aromatic amines is 1. The van der Waals surface area contributed by atoms with Gasteiger partial charge in [0.2, 0.25) is 0 Å². The third kappa shape index (κ3) is 4.91. The van der Waals surface area contributed by atoms with Crippen LogP contribution in [0.5, 0.6) is 0 Å². The molecule has 0 saturated carbocycles. The molecular formula is C23H29N3O3S. The molecule has 0 aliphatic heterocycles. The van der Waals surface area contributed by atoms with E-state index in [9.17, 15) is 9.90 Å². The molecule has 1 aliphatic carbocycles. The molecule has 2 N–H and O–H groups in total. The van der Waals surface area contributed by atoms with E-state index in [1.54, 1.807) is 17.6 Å². The molecule has 0 spiro atoms. The Morgan fingerprint density at radius 2 is 2.20 bits per heavy atom. The summed E-state index contributed by atoms with van der Waals surface area (Å²) in [4.78, 5) is 25.0. The molecular weight excluding hydrogens is 398 g/mol. The highest BCUT2D eigenvalue weighted by atomic mass is 32.1. The van der Waals surface area contributed by atoms with E-state index in [2.05, 4.69) is 16.5 Å². The van der Waals surface area contributed by atoms with Gasteiger partial charge in [0.1, 0.15) is 16.4 Å². The number of nitrogens with zero attached hydrogens (tertiary/aromatic N) is 2. The molecule has 1 aliphatic rings. The molecule has 0 fully saturated rings. The fourth-order valence-electron chi connectivity index (χ4n) is 4.18. The van der Waals surface area contributed by atoms with Gasteiger partial charge in [-0.1, -0.05) is 12.5 Å². The number of allylic oxidation sites excluding steroid dienone is 1. The van der Waals surface area contributed by atoms with Crippen molar-refractivity contribution < 1.29 is 9.52 Å². The quantitative estimate of drug-likeness (QED) is 0.395. The number of aromatic nitrogens is 2. The van der Waals surface area contributed by atoms with Crippen LogP contribution in [-0.2, 0) is 25.9 Å². The van der Waals surface area contributed by atoms with E-state index in [0.717, 1.165) is 41.7 Å². The summed E-state index contributed by atoms with van der Waals surface area (Å²) in [5.74, 6) is 1.45. The van der Waals surface area contributed by atoms with Crippen molar-refractivity contribution in [1.82, 2.24) is 14.9 Å². The number of H-pyrrole nitrogens is 1. The van der Waals surface area contributed by atoms with Crippen molar-refractivity contribution in [3.63, 3.8) is 0 Å². The molecule has 1 unspecified atom stereocenters. The summed E-state index contributed by atoms with van der Waals surface area (Å²) in [7, 11) is 0. The molecule has 0 amide bonds. The monoisotopic (exact) mass is 427 g/mol. The zero-order valence-electron chi connectivity index (χ0n) is 17.2. The maximum Gasteiger partial charge on any atom is 0.259 e. The van der Waals surface area contributed by atoms with Crippen LogP contribution in [0, 0.1) is 0 Å². The van der Waals surface area contributed by atoms with E-state index < -0.39 is 6.10 Å². The van der Waals surface area contributed by atoms with Crippen molar-refractivity contribution in [1.29, 1.82) is 0 Å². The summed E-state index contributed by atoms with van der Waals surface area (Å²) in [5.41, 5.74) is 1.17. The summed E-state index contributed by atoms with van der Waals surface area (Å²) in [6.07, 6.45) is 9.96. The number of fused-ring (bicyclic) bond motifs is 3. The number of aliphatic hydroxyl groups is 1. The lowest BCUT2D eigenvalue weighted by Gasteiger charge is -2.23. The third-order valence-corrected chi connectivity index (χ3v) is 6.82. The molecule has 30 heavy (non-hydrogen) atoms. The Morgan fingerprint density at radius 3 is 3.00 bits per heavy atom. The molecule has 4 rings (SSSR count). The van der Waals surface area contributed by atoms with Crippen LogP contribution in [0.3, 0.4) is 0 Å². The van der Waals surface area contributed by atoms with Crippen molar-refractivity contribution in [2.75, 3.05) is 6.54 Å². The van der Waals surface area contributed by atoms with Gasteiger partial charge in [0.15, 0.2) is 0 Å². The van der Waals surface area contributed by atoms with Crippen molar-refractivity contribution >= 4 is 21.6 Å². The van der Waals surface area contributed by atoms with Crippen molar-refractivity contribution in [3.8, 4) is 0 Å². The van der Waals surface area contributed by atoms with Gasteiger partial charge >= 0.3 is 0 Å². The Labute approximate surface area is 180 Å². The second-order valence-electron chi connectivity index (χ2n) is 8.03. The zero-order valence-corrected chi connectivity index (χ0v) is 18.0. The number of thiophene rings is 1. The summed E-state index contributed by atoms with van der Waals surface area (Å²) in [6, 6.07) is 3.77. The standard InChI is InChI=1S/C23H29N3O3S/c1-2-3-8-16(27)13-26(14-17-9-7-12-29-17)15-20-24-22(28)21-18-10-5-4-6-11-19(18)30-23(21)25-20/h2,7,9,12,16,27H,1,3-6,8,10-11,13-15H2,(H,24,25,28). The van der Waals surface area contributed by atoms with E-state index in [0.29, 0.717) is 31.9 Å². The lowest BCUT2D eigenvalue weighted by Crippen LogP contribution is -2.32. The number of aliphatic hydroxyl groups excluding tert-OH is 1. The van der Waals surface area contributed by atoms with Gasteiger partial charge in [-0.25, -0.2) is 4.98 Å². The van der Waals surface area contributed by atoms with Gasteiger partial charge < -0.3 is 14.5 Å². The summed E-state index contributed by atoms with van der Waals surface area (Å²) in [6.45, 7) is 5.18. The Hall–Kier alpha value is -2.22. The normalized spacial score (nSPS) is 15.3. The second kappa shape index (κ2) is 9.73. The molecule has 3 aromatic heterocycles. The minimum Gasteiger partial charge on any atom is -0.468 e. The first-order chi connectivity index (χ1) is 14.6. The summed E-state index contributed by atoms with van der Waals surface area (Å²) in [5, 5.41) is 11.2. The number of aryl methyl sites for hydroxylation is 2. The van der Waals surface area contributed by atoms with Crippen molar-refractivity contribution in [2.24, 2.45) is 0 Å². The van der Waals surface area contributed by atoms with Gasteiger partial charge in [-0.15, -0.1) is 17.9 Å². The molecule has 0 bridgehead atoms. The molecule has 3 heterocycles. The fraction of sp³-hybridized carbons (Fsp3) is 0.478. The van der Waals surface area contributed by atoms with Crippen LogP contribution in [0.2, 0.25) is 0 Å². The average molecular weight is 428 g/mol. The predicted octanol–water partition coefficient (Wildman–Crippen LogP) is 4.18. The predicted molar refractivity (Wildman–Crippen MR) is 120 cm³/mol. The van der Waals surface area contributed by atoms with Crippen LogP contribution in [0.15, 0.2) is 40.3 Å². The van der Waals surface area contributed by atoms with E-state index in [1.807, 2.05) is 18.2 Å². The SMILES string of the molecule is C=CCCC(O)CN(Cc1nc2sc3c(c2c(=O)[nH]1)CCCCC3)Cc1ccco1. The Balaban J connectivity index is 1.58. The Morgan fingerprint density at radius 1 is 1.33 bits per heavy atom. The number of hydrogen-bond acceptors (Lipinski definition) is 6. The minimum absolute atomic E-state index is 0.0421. The first-order valence-corrected chi connectivity index (χ1v) is 11.5. The van der Waals surface area contributed by atoms with Crippen LogP contribution in [0.25, 0.3) is 10.2 Å². The molecule has 0 saturated heterocycles. The lowest BCUT2D eigenvalue weighted by molar-refractivity contribution is 0.0931. The molecule has 3 aromatic rings. The van der Waals surface area contributed by atoms with Crippen LogP contribution in [0.1, 0.15) is 54.1 Å². The molecule has 6 nitrogen and oxygen atoms in total. The van der Waals surface area contributed by atoms with E-state index in [1.165, 1.54) is 23.3 Å². The highest BCUT2D eigenvalue weighted by molar-refractivity contribution is 7.18. The fourth-order valence-corrected chi connectivity index (χ4v) is 5.46. The van der Waals surface area contributed by atoms with Crippen molar-refractivity contribution in [3.05, 3.63) is 63.4 Å².